The Kier molecular flexibility index (Phi) is 22.2. The molecule has 0 radical (unpaired) electrons. The zero-order chi connectivity index (χ0) is 22.5. The molecule has 0 fully saturated rings. The van der Waals surface area contributed by atoms with Crippen LogP contribution in [0.2, 0.25) is 0 Å². The minimum atomic E-state index is -4.00. The minimum absolute atomic E-state index is 0.0741. The quantitative estimate of drug-likeness (QED) is 0.208. The predicted octanol–water partition coefficient (Wildman–Crippen LogP) is 6.13. The van der Waals surface area contributed by atoms with Crippen molar-refractivity contribution in [3.8, 4) is 0 Å². The summed E-state index contributed by atoms with van der Waals surface area (Å²) in [6.45, 7) is 6.47. The summed E-state index contributed by atoms with van der Waals surface area (Å²) >= 11 is 0.750. The van der Waals surface area contributed by atoms with Gasteiger partial charge in [0.2, 0.25) is 0 Å². The molecule has 168 valence electrons. The van der Waals surface area contributed by atoms with Crippen LogP contribution >= 0.6 is 0 Å². The van der Waals surface area contributed by atoms with Crippen molar-refractivity contribution in [2.45, 2.75) is 102 Å². The second-order valence-corrected chi connectivity index (χ2v) is 8.99. The van der Waals surface area contributed by atoms with Gasteiger partial charge in [0.05, 0.1) is 11.0 Å². The monoisotopic (exact) mass is 464 g/mol. The van der Waals surface area contributed by atoms with Crippen LogP contribution in [-0.4, -0.2) is 24.2 Å². The van der Waals surface area contributed by atoms with E-state index in [2.05, 4.69) is 20.8 Å². The van der Waals surface area contributed by atoms with E-state index in [1.165, 1.54) is 76.3 Å². The van der Waals surface area contributed by atoms with Crippen LogP contribution in [0.4, 0.5) is 0 Å². The van der Waals surface area contributed by atoms with Crippen molar-refractivity contribution in [3.63, 3.8) is 0 Å². The molecule has 0 aliphatic carbocycles. The van der Waals surface area contributed by atoms with Gasteiger partial charge in [0.15, 0.2) is 0 Å². The van der Waals surface area contributed by atoms with Crippen LogP contribution < -0.4 is 0 Å². The molecule has 0 saturated heterocycles. The van der Waals surface area contributed by atoms with Gasteiger partial charge in [-0.3, -0.25) is 4.55 Å². The summed E-state index contributed by atoms with van der Waals surface area (Å²) in [5.41, 5.74) is 0. The molecule has 0 saturated carbocycles. The van der Waals surface area contributed by atoms with Gasteiger partial charge >= 0.3 is 23.7 Å². The second-order valence-electron chi connectivity index (χ2n) is 7.57. The third-order valence-corrected chi connectivity index (χ3v) is 5.53. The first-order valence-corrected chi connectivity index (χ1v) is 12.8. The standard InChI is InChI=1S/C16H34O.C6H6O3S.O.Ti/c1-4-5-6-7-8-9-10-11-12-13-14-16(17)15(2)3;7-10(8,9)6-4-2-1-3-5-6;;/h15-17H,4-14H2,1-3H3;1-5H,(H,7,8,9);;. The fourth-order valence-electron chi connectivity index (χ4n) is 2.77. The van der Waals surface area contributed by atoms with Gasteiger partial charge in [-0.1, -0.05) is 103 Å². The van der Waals surface area contributed by atoms with Gasteiger partial charge in [0.25, 0.3) is 10.1 Å². The first-order chi connectivity index (χ1) is 13.8. The Morgan fingerprint density at radius 1 is 0.828 bits per heavy atom. The van der Waals surface area contributed by atoms with E-state index in [9.17, 15) is 13.5 Å². The molecule has 0 heterocycles. The zero-order valence-electron chi connectivity index (χ0n) is 18.3. The molecule has 29 heavy (non-hydrogen) atoms. The fourth-order valence-corrected chi connectivity index (χ4v) is 3.27. The number of aliphatic hydroxyl groups excluding tert-OH is 1. The van der Waals surface area contributed by atoms with Crippen molar-refractivity contribution in [1.29, 1.82) is 0 Å². The van der Waals surface area contributed by atoms with E-state index in [0.29, 0.717) is 5.92 Å². The van der Waals surface area contributed by atoms with Crippen LogP contribution in [0.1, 0.15) is 91.4 Å². The Morgan fingerprint density at radius 2 is 1.24 bits per heavy atom. The number of benzene rings is 1. The fraction of sp³-hybridized carbons (Fsp3) is 0.727. The van der Waals surface area contributed by atoms with E-state index in [-0.39, 0.29) is 11.0 Å². The summed E-state index contributed by atoms with van der Waals surface area (Å²) in [6, 6.07) is 7.42. The van der Waals surface area contributed by atoms with Gasteiger partial charge in [-0.15, -0.1) is 0 Å². The van der Waals surface area contributed by atoms with Gasteiger partial charge in [-0.2, -0.15) is 8.42 Å². The van der Waals surface area contributed by atoms with E-state index in [0.717, 1.165) is 26.8 Å². The van der Waals surface area contributed by atoms with Crippen molar-refractivity contribution in [3.05, 3.63) is 30.3 Å². The first-order valence-electron chi connectivity index (χ1n) is 10.7. The van der Waals surface area contributed by atoms with Crippen molar-refractivity contribution >= 4 is 10.1 Å². The van der Waals surface area contributed by atoms with Crippen molar-refractivity contribution in [2.24, 2.45) is 5.92 Å². The molecule has 5 nitrogen and oxygen atoms in total. The molecule has 1 unspecified atom stereocenters. The van der Waals surface area contributed by atoms with Crippen LogP contribution in [0.25, 0.3) is 0 Å². The van der Waals surface area contributed by atoms with E-state index in [4.69, 9.17) is 7.88 Å². The molecule has 2 N–H and O–H groups in total. The number of aliphatic hydroxyl groups is 1. The number of hydrogen-bond acceptors (Lipinski definition) is 4. The molecule has 1 aromatic carbocycles. The van der Waals surface area contributed by atoms with Crippen LogP contribution in [0.3, 0.4) is 0 Å². The average molecular weight is 464 g/mol. The molecule has 1 aromatic rings. The number of unbranched alkanes of at least 4 members (excludes halogenated alkanes) is 9. The summed E-state index contributed by atoms with van der Waals surface area (Å²) in [5, 5.41) is 9.65. The predicted molar refractivity (Wildman–Crippen MR) is 114 cm³/mol. The third-order valence-electron chi connectivity index (χ3n) is 4.66. The van der Waals surface area contributed by atoms with E-state index in [1.54, 1.807) is 18.2 Å². The molecule has 0 aliphatic heterocycles. The van der Waals surface area contributed by atoms with Gasteiger partial charge in [-0.05, 0) is 24.5 Å². The van der Waals surface area contributed by atoms with Crippen molar-refractivity contribution < 1.29 is 41.8 Å². The molecule has 1 atom stereocenters. The SMILES string of the molecule is CCCCCCCCCCCCC(O)C(C)C.O=S(=O)(O)c1ccccc1.[O]=[Ti]. The first kappa shape index (κ1) is 30.8. The summed E-state index contributed by atoms with van der Waals surface area (Å²) < 4.78 is 37.5. The Bertz CT molecular complexity index is 564. The topological polar surface area (TPSA) is 91.7 Å². The Balaban J connectivity index is 0. The summed E-state index contributed by atoms with van der Waals surface area (Å²) in [7, 11) is -4.00. The molecule has 0 amide bonds. The Morgan fingerprint density at radius 3 is 1.59 bits per heavy atom. The maximum absolute atomic E-state index is 10.4. The molecule has 0 spiro atoms. The van der Waals surface area contributed by atoms with E-state index < -0.39 is 10.1 Å². The Hall–Kier alpha value is -0.396. The molecule has 0 aromatic heterocycles. The summed E-state index contributed by atoms with van der Waals surface area (Å²) in [6.07, 6.45) is 14.6. The number of rotatable bonds is 13. The maximum atomic E-state index is 10.4. The molecule has 1 rings (SSSR count). The van der Waals surface area contributed by atoms with Gasteiger partial charge in [0, 0.05) is 0 Å². The third kappa shape index (κ3) is 20.6. The van der Waals surface area contributed by atoms with Crippen molar-refractivity contribution in [2.75, 3.05) is 0 Å². The molecule has 7 heteroatoms. The summed E-state index contributed by atoms with van der Waals surface area (Å²) in [4.78, 5) is -0.0741. The zero-order valence-corrected chi connectivity index (χ0v) is 20.7. The van der Waals surface area contributed by atoms with Crippen LogP contribution in [0.5, 0.6) is 0 Å². The average Bonchev–Trinajstić information content (AvgIpc) is 2.71. The number of hydrogen-bond donors (Lipinski definition) is 2. The molecular formula is C22H40O5STi. The summed E-state index contributed by atoms with van der Waals surface area (Å²) in [5.74, 6) is 0.425. The molecular weight excluding hydrogens is 424 g/mol. The van der Waals surface area contributed by atoms with Crippen molar-refractivity contribution in [1.82, 2.24) is 0 Å². The van der Waals surface area contributed by atoms with Gasteiger partial charge in [0.1, 0.15) is 0 Å². The molecule has 0 bridgehead atoms. The van der Waals surface area contributed by atoms with Gasteiger partial charge in [-0.25, -0.2) is 0 Å². The van der Waals surface area contributed by atoms with E-state index >= 15 is 0 Å². The molecule has 0 aliphatic rings. The van der Waals surface area contributed by atoms with E-state index in [1.807, 2.05) is 0 Å². The van der Waals surface area contributed by atoms with Gasteiger partial charge < -0.3 is 5.11 Å². The van der Waals surface area contributed by atoms with Crippen LogP contribution in [0.15, 0.2) is 35.2 Å². The normalized spacial score (nSPS) is 11.8. The van der Waals surface area contributed by atoms with Crippen LogP contribution in [0, 0.1) is 5.92 Å². The second kappa shape index (κ2) is 20.9. The Labute approximate surface area is 190 Å². The van der Waals surface area contributed by atoms with Crippen LogP contribution in [-0.2, 0) is 33.8 Å².